The highest BCUT2D eigenvalue weighted by Crippen LogP contribution is 2.36. The maximum atomic E-state index is 12.0. The molecule has 134 valence electrons. The topological polar surface area (TPSA) is 58.6 Å². The van der Waals surface area contributed by atoms with Crippen molar-refractivity contribution in [2.75, 3.05) is 7.05 Å². The molecule has 0 atom stereocenters. The Morgan fingerprint density at radius 3 is 2.42 bits per heavy atom. The van der Waals surface area contributed by atoms with E-state index in [1.54, 1.807) is 6.08 Å². The van der Waals surface area contributed by atoms with E-state index in [0.29, 0.717) is 12.4 Å². The summed E-state index contributed by atoms with van der Waals surface area (Å²) < 4.78 is 7.42. The molecule has 0 bridgehead atoms. The molecule has 1 N–H and O–H groups in total. The van der Waals surface area contributed by atoms with E-state index in [1.165, 1.54) is 12.6 Å². The lowest BCUT2D eigenvalue weighted by Crippen LogP contribution is -2.25. The van der Waals surface area contributed by atoms with E-state index < -0.39 is 6.03 Å². The lowest BCUT2D eigenvalue weighted by molar-refractivity contribution is -0.121. The molecule has 3 amide bonds. The first kappa shape index (κ1) is 18.7. The second kappa shape index (κ2) is 7.63. The average Bonchev–Trinajstić information content (AvgIpc) is 2.81. The van der Waals surface area contributed by atoms with Gasteiger partial charge in [0.15, 0.2) is 0 Å². The molecular formula is C19H16Br2N2O3. The summed E-state index contributed by atoms with van der Waals surface area (Å²) in [5, 5.41) is 2.54. The predicted octanol–water partition coefficient (Wildman–Crippen LogP) is 4.62. The average molecular weight is 480 g/mol. The molecule has 1 heterocycles. The van der Waals surface area contributed by atoms with Crippen LogP contribution in [0.3, 0.4) is 0 Å². The van der Waals surface area contributed by atoms with E-state index in [4.69, 9.17) is 4.74 Å². The van der Waals surface area contributed by atoms with Crippen molar-refractivity contribution in [1.82, 2.24) is 10.2 Å². The summed E-state index contributed by atoms with van der Waals surface area (Å²) in [5.41, 5.74) is 3.26. The zero-order chi connectivity index (χ0) is 18.8. The van der Waals surface area contributed by atoms with Gasteiger partial charge >= 0.3 is 6.03 Å². The fourth-order valence-corrected chi connectivity index (χ4v) is 4.00. The van der Waals surface area contributed by atoms with Crippen LogP contribution in [-0.4, -0.2) is 23.9 Å². The lowest BCUT2D eigenvalue weighted by atomic mass is 10.1. The van der Waals surface area contributed by atoms with Crippen LogP contribution in [-0.2, 0) is 11.4 Å². The van der Waals surface area contributed by atoms with Gasteiger partial charge in [0.25, 0.3) is 5.91 Å². The van der Waals surface area contributed by atoms with E-state index in [2.05, 4.69) is 43.2 Å². The SMILES string of the molecule is Cc1cccc(COc2c(Br)cc(/C=C3/NC(=O)N(C)C3=O)cc2Br)c1. The zero-order valence-electron chi connectivity index (χ0n) is 14.2. The number of ether oxygens (including phenoxy) is 1. The van der Waals surface area contributed by atoms with Crippen LogP contribution in [0.15, 0.2) is 51.0 Å². The molecule has 26 heavy (non-hydrogen) atoms. The van der Waals surface area contributed by atoms with Crippen molar-refractivity contribution < 1.29 is 14.3 Å². The van der Waals surface area contributed by atoms with Crippen molar-refractivity contribution in [3.8, 4) is 5.75 Å². The maximum absolute atomic E-state index is 12.0. The van der Waals surface area contributed by atoms with E-state index in [1.807, 2.05) is 37.3 Å². The minimum Gasteiger partial charge on any atom is -0.487 e. The minimum absolute atomic E-state index is 0.240. The Labute approximate surface area is 168 Å². The quantitative estimate of drug-likeness (QED) is 0.514. The molecular weight excluding hydrogens is 464 g/mol. The van der Waals surface area contributed by atoms with Gasteiger partial charge in [-0.1, -0.05) is 29.8 Å². The molecule has 7 heteroatoms. The Kier molecular flexibility index (Phi) is 5.48. The molecule has 1 aliphatic rings. The number of nitrogens with zero attached hydrogens (tertiary/aromatic N) is 1. The monoisotopic (exact) mass is 478 g/mol. The second-order valence-electron chi connectivity index (χ2n) is 5.94. The van der Waals surface area contributed by atoms with E-state index >= 15 is 0 Å². The number of benzene rings is 2. The van der Waals surface area contributed by atoms with Crippen LogP contribution in [0, 0.1) is 6.92 Å². The molecule has 0 spiro atoms. The molecule has 2 aromatic carbocycles. The lowest BCUT2D eigenvalue weighted by Gasteiger charge is -2.12. The van der Waals surface area contributed by atoms with Crippen molar-refractivity contribution in [2.45, 2.75) is 13.5 Å². The highest BCUT2D eigenvalue weighted by atomic mass is 79.9. The molecule has 1 saturated heterocycles. The van der Waals surface area contributed by atoms with Crippen molar-refractivity contribution in [3.63, 3.8) is 0 Å². The Morgan fingerprint density at radius 2 is 1.85 bits per heavy atom. The fraction of sp³-hybridized carbons (Fsp3) is 0.158. The molecule has 0 saturated carbocycles. The number of hydrogen-bond donors (Lipinski definition) is 1. The van der Waals surface area contributed by atoms with E-state index in [-0.39, 0.29) is 11.6 Å². The van der Waals surface area contributed by atoms with Gasteiger partial charge in [-0.3, -0.25) is 9.69 Å². The van der Waals surface area contributed by atoms with Crippen molar-refractivity contribution in [3.05, 3.63) is 67.7 Å². The van der Waals surface area contributed by atoms with Crippen LogP contribution in [0.1, 0.15) is 16.7 Å². The largest absolute Gasteiger partial charge is 0.487 e. The number of halogens is 2. The number of carbonyl (C=O) groups excluding carboxylic acids is 2. The second-order valence-corrected chi connectivity index (χ2v) is 7.65. The molecule has 1 aliphatic heterocycles. The Hall–Kier alpha value is -2.12. The van der Waals surface area contributed by atoms with E-state index in [9.17, 15) is 9.59 Å². The van der Waals surface area contributed by atoms with Crippen molar-refractivity contribution in [2.24, 2.45) is 0 Å². The first-order chi connectivity index (χ1) is 12.3. The van der Waals surface area contributed by atoms with Gasteiger partial charge in [0.1, 0.15) is 18.1 Å². The number of urea groups is 1. The third-order valence-electron chi connectivity index (χ3n) is 3.88. The number of amides is 3. The first-order valence-corrected chi connectivity index (χ1v) is 9.42. The Balaban J connectivity index is 1.80. The van der Waals surface area contributed by atoms with Crippen molar-refractivity contribution >= 4 is 49.9 Å². The van der Waals surface area contributed by atoms with Crippen LogP contribution in [0.2, 0.25) is 0 Å². The van der Waals surface area contributed by atoms with Crippen LogP contribution in [0.5, 0.6) is 5.75 Å². The summed E-state index contributed by atoms with van der Waals surface area (Å²) in [5.74, 6) is 0.314. The number of hydrogen-bond acceptors (Lipinski definition) is 3. The van der Waals surface area contributed by atoms with Gasteiger partial charge in [-0.2, -0.15) is 0 Å². The fourth-order valence-electron chi connectivity index (χ4n) is 2.55. The minimum atomic E-state index is -0.433. The number of aryl methyl sites for hydroxylation is 1. The summed E-state index contributed by atoms with van der Waals surface area (Å²) >= 11 is 7.01. The third-order valence-corrected chi connectivity index (χ3v) is 5.06. The number of rotatable bonds is 4. The third kappa shape index (κ3) is 3.99. The normalized spacial score (nSPS) is 15.5. The predicted molar refractivity (Wildman–Crippen MR) is 107 cm³/mol. The number of carbonyl (C=O) groups is 2. The Morgan fingerprint density at radius 1 is 1.15 bits per heavy atom. The standard InChI is InChI=1S/C19H16Br2N2O3/c1-11-4-3-5-12(6-11)10-26-17-14(20)7-13(8-15(17)21)9-16-18(24)23(2)19(25)22-16/h3-9H,10H2,1-2H3,(H,22,25)/b16-9+. The van der Waals surface area contributed by atoms with Gasteiger partial charge in [-0.25, -0.2) is 4.79 Å². The molecule has 2 aromatic rings. The molecule has 1 fully saturated rings. The Bertz CT molecular complexity index is 902. The first-order valence-electron chi connectivity index (χ1n) is 7.83. The molecule has 5 nitrogen and oxygen atoms in total. The number of nitrogens with one attached hydrogen (secondary N) is 1. The summed E-state index contributed by atoms with van der Waals surface area (Å²) in [6, 6.07) is 11.4. The number of imide groups is 1. The summed E-state index contributed by atoms with van der Waals surface area (Å²) in [4.78, 5) is 24.5. The smallest absolute Gasteiger partial charge is 0.328 e. The van der Waals surface area contributed by atoms with Crippen LogP contribution in [0.4, 0.5) is 4.79 Å². The van der Waals surface area contributed by atoms with Crippen LogP contribution in [0.25, 0.3) is 6.08 Å². The molecule has 0 unspecified atom stereocenters. The highest BCUT2D eigenvalue weighted by Gasteiger charge is 2.30. The van der Waals surface area contributed by atoms with Gasteiger partial charge in [0, 0.05) is 7.05 Å². The van der Waals surface area contributed by atoms with Gasteiger partial charge in [-0.05, 0) is 68.1 Å². The maximum Gasteiger partial charge on any atom is 0.328 e. The molecule has 0 radical (unpaired) electrons. The zero-order valence-corrected chi connectivity index (χ0v) is 17.3. The number of likely N-dealkylation sites (N-methyl/N-ethyl adjacent to an activating group) is 1. The van der Waals surface area contributed by atoms with E-state index in [0.717, 1.165) is 25.0 Å². The summed E-state index contributed by atoms with van der Waals surface area (Å²) in [6.07, 6.45) is 1.63. The molecule has 3 rings (SSSR count). The van der Waals surface area contributed by atoms with Gasteiger partial charge in [0.05, 0.1) is 8.95 Å². The molecule has 0 aliphatic carbocycles. The summed E-state index contributed by atoms with van der Waals surface area (Å²) in [7, 11) is 1.44. The van der Waals surface area contributed by atoms with Crippen LogP contribution < -0.4 is 10.1 Å². The van der Waals surface area contributed by atoms with Gasteiger partial charge < -0.3 is 10.1 Å². The molecule has 0 aromatic heterocycles. The highest BCUT2D eigenvalue weighted by molar-refractivity contribution is 9.11. The van der Waals surface area contributed by atoms with Crippen LogP contribution >= 0.6 is 31.9 Å². The summed E-state index contributed by atoms with van der Waals surface area (Å²) in [6.45, 7) is 2.48. The van der Waals surface area contributed by atoms with Crippen molar-refractivity contribution in [1.29, 1.82) is 0 Å². The van der Waals surface area contributed by atoms with Gasteiger partial charge in [0.2, 0.25) is 0 Å². The van der Waals surface area contributed by atoms with Gasteiger partial charge in [-0.15, -0.1) is 0 Å².